The van der Waals surface area contributed by atoms with E-state index in [1.165, 1.54) is 0 Å². The maximum atomic E-state index is 11.0. The molecule has 0 aliphatic heterocycles. The zero-order valence-corrected chi connectivity index (χ0v) is 9.48. The average molecular weight is 172 g/mol. The van der Waals surface area contributed by atoms with Gasteiger partial charge in [-0.1, -0.05) is 41.0 Å². The lowest BCUT2D eigenvalue weighted by Crippen LogP contribution is -2.16. The van der Waals surface area contributed by atoms with E-state index in [-0.39, 0.29) is 0 Å². The first kappa shape index (κ1) is 14.2. The molecule has 0 aromatic carbocycles. The topological polar surface area (TPSA) is 17.1 Å². The summed E-state index contributed by atoms with van der Waals surface area (Å²) in [6.45, 7) is 12.0. The van der Waals surface area contributed by atoms with Gasteiger partial charge in [-0.05, 0) is 19.3 Å². The molecule has 1 atom stereocenters. The fourth-order valence-electron chi connectivity index (χ4n) is 1.32. The van der Waals surface area contributed by atoms with E-state index < -0.39 is 0 Å². The second-order valence-corrected chi connectivity index (χ2v) is 3.25. The van der Waals surface area contributed by atoms with Crippen molar-refractivity contribution in [2.75, 3.05) is 0 Å². The van der Waals surface area contributed by atoms with Gasteiger partial charge in [0.1, 0.15) is 5.78 Å². The number of rotatable bonds is 4. The van der Waals surface area contributed by atoms with Gasteiger partial charge < -0.3 is 0 Å². The summed E-state index contributed by atoms with van der Waals surface area (Å²) in [5.74, 6) is 1.15. The van der Waals surface area contributed by atoms with Gasteiger partial charge in [-0.2, -0.15) is 0 Å². The first-order valence-corrected chi connectivity index (χ1v) is 5.10. The predicted molar refractivity (Wildman–Crippen MR) is 55.3 cm³/mol. The molecular weight excluding hydrogens is 148 g/mol. The lowest BCUT2D eigenvalue weighted by atomic mass is 9.88. The van der Waals surface area contributed by atoms with E-state index in [0.29, 0.717) is 17.6 Å². The number of carbonyl (C=O) groups is 1. The van der Waals surface area contributed by atoms with Gasteiger partial charge in [0.2, 0.25) is 0 Å². The first-order valence-electron chi connectivity index (χ1n) is 5.10. The van der Waals surface area contributed by atoms with Crippen LogP contribution in [-0.2, 0) is 4.79 Å². The highest BCUT2D eigenvalue weighted by Gasteiger charge is 2.16. The summed E-state index contributed by atoms with van der Waals surface area (Å²) >= 11 is 0. The molecule has 0 spiro atoms. The second-order valence-electron chi connectivity index (χ2n) is 3.25. The van der Waals surface area contributed by atoms with Gasteiger partial charge in [-0.3, -0.25) is 4.79 Å². The Morgan fingerprint density at radius 3 is 1.75 bits per heavy atom. The summed E-state index contributed by atoms with van der Waals surface area (Å²) in [5.41, 5.74) is 0. The summed E-state index contributed by atoms with van der Waals surface area (Å²) in [7, 11) is 0. The Bertz CT molecular complexity index is 106. The van der Waals surface area contributed by atoms with Gasteiger partial charge in [0.25, 0.3) is 0 Å². The molecule has 0 aromatic heterocycles. The lowest BCUT2D eigenvalue weighted by molar-refractivity contribution is -0.122. The van der Waals surface area contributed by atoms with Gasteiger partial charge in [0.05, 0.1) is 0 Å². The number of hydrogen-bond donors (Lipinski definition) is 0. The minimum absolute atomic E-state index is 0.296. The smallest absolute Gasteiger partial charge is 0.133 e. The molecule has 1 heteroatoms. The van der Waals surface area contributed by atoms with Crippen molar-refractivity contribution in [2.45, 2.75) is 54.4 Å². The molecule has 74 valence electrons. The van der Waals surface area contributed by atoms with Crippen LogP contribution in [0.5, 0.6) is 0 Å². The van der Waals surface area contributed by atoms with E-state index in [0.717, 1.165) is 12.8 Å². The quantitative estimate of drug-likeness (QED) is 0.632. The molecule has 0 saturated heterocycles. The van der Waals surface area contributed by atoms with Gasteiger partial charge in [0.15, 0.2) is 0 Å². The number of Topliss-reactive ketones (excluding diaryl/α,β-unsaturated/α-hetero) is 1. The fourth-order valence-corrected chi connectivity index (χ4v) is 1.32. The molecule has 0 N–H and O–H groups in total. The van der Waals surface area contributed by atoms with Crippen LogP contribution >= 0.6 is 0 Å². The van der Waals surface area contributed by atoms with Crippen molar-refractivity contribution in [1.82, 2.24) is 0 Å². The van der Waals surface area contributed by atoms with Gasteiger partial charge in [-0.15, -0.1) is 0 Å². The van der Waals surface area contributed by atoms with Crippen molar-refractivity contribution in [2.24, 2.45) is 11.8 Å². The van der Waals surface area contributed by atoms with Crippen molar-refractivity contribution < 1.29 is 4.79 Å². The predicted octanol–water partition coefficient (Wildman–Crippen LogP) is 3.67. The van der Waals surface area contributed by atoms with Crippen LogP contribution in [0, 0.1) is 11.8 Å². The third-order valence-corrected chi connectivity index (χ3v) is 1.93. The number of ketones is 1. The Morgan fingerprint density at radius 2 is 1.67 bits per heavy atom. The standard InChI is InChI=1S/C9H18O.C2H6/c1-5-6-9(7(2)3)8(4)10;1-2/h7,9H,5-6H2,1-4H3;1-2H3. The largest absolute Gasteiger partial charge is 0.300 e. The molecule has 0 rings (SSSR count). The normalized spacial score (nSPS) is 11.9. The van der Waals surface area contributed by atoms with E-state index in [9.17, 15) is 4.79 Å². The highest BCUT2D eigenvalue weighted by Crippen LogP contribution is 2.17. The van der Waals surface area contributed by atoms with Crippen LogP contribution < -0.4 is 0 Å². The van der Waals surface area contributed by atoms with Crippen LogP contribution in [0.25, 0.3) is 0 Å². The van der Waals surface area contributed by atoms with Crippen molar-refractivity contribution in [3.63, 3.8) is 0 Å². The van der Waals surface area contributed by atoms with Crippen LogP contribution in [0.2, 0.25) is 0 Å². The van der Waals surface area contributed by atoms with Gasteiger partial charge in [-0.25, -0.2) is 0 Å². The minimum Gasteiger partial charge on any atom is -0.300 e. The van der Waals surface area contributed by atoms with Crippen molar-refractivity contribution in [3.05, 3.63) is 0 Å². The van der Waals surface area contributed by atoms with Gasteiger partial charge >= 0.3 is 0 Å². The Labute approximate surface area is 77.6 Å². The van der Waals surface area contributed by atoms with Gasteiger partial charge in [0, 0.05) is 5.92 Å². The molecule has 1 nitrogen and oxygen atoms in total. The molecule has 0 saturated carbocycles. The maximum absolute atomic E-state index is 11.0. The van der Waals surface area contributed by atoms with Crippen LogP contribution in [-0.4, -0.2) is 5.78 Å². The Morgan fingerprint density at radius 1 is 1.25 bits per heavy atom. The molecule has 0 radical (unpaired) electrons. The van der Waals surface area contributed by atoms with E-state index in [1.54, 1.807) is 6.92 Å². The van der Waals surface area contributed by atoms with Crippen LogP contribution in [0.15, 0.2) is 0 Å². The molecule has 0 fully saturated rings. The van der Waals surface area contributed by atoms with E-state index in [4.69, 9.17) is 0 Å². The summed E-state index contributed by atoms with van der Waals surface area (Å²) in [4.78, 5) is 11.0. The van der Waals surface area contributed by atoms with E-state index in [1.807, 2.05) is 13.8 Å². The van der Waals surface area contributed by atoms with Crippen molar-refractivity contribution in [3.8, 4) is 0 Å². The van der Waals surface area contributed by atoms with Crippen LogP contribution in [0.1, 0.15) is 54.4 Å². The summed E-state index contributed by atoms with van der Waals surface area (Å²) in [5, 5.41) is 0. The SMILES string of the molecule is CC.CCCC(C(C)=O)C(C)C. The average Bonchev–Trinajstić information content (AvgIpc) is 2.03. The fraction of sp³-hybridized carbons (Fsp3) is 0.909. The Balaban J connectivity index is 0. The second kappa shape index (κ2) is 8.76. The lowest BCUT2D eigenvalue weighted by Gasteiger charge is -2.15. The zero-order chi connectivity index (χ0) is 10.1. The highest BCUT2D eigenvalue weighted by molar-refractivity contribution is 5.78. The van der Waals surface area contributed by atoms with Crippen LogP contribution in [0.4, 0.5) is 0 Å². The monoisotopic (exact) mass is 172 g/mol. The number of carbonyl (C=O) groups excluding carboxylic acids is 1. The third-order valence-electron chi connectivity index (χ3n) is 1.93. The maximum Gasteiger partial charge on any atom is 0.133 e. The molecule has 0 heterocycles. The molecule has 12 heavy (non-hydrogen) atoms. The molecule has 0 aliphatic rings. The molecular formula is C11H24O. The molecule has 0 aliphatic carbocycles. The van der Waals surface area contributed by atoms with Crippen molar-refractivity contribution in [1.29, 1.82) is 0 Å². The third kappa shape index (κ3) is 6.38. The highest BCUT2D eigenvalue weighted by atomic mass is 16.1. The van der Waals surface area contributed by atoms with E-state index in [2.05, 4.69) is 20.8 Å². The van der Waals surface area contributed by atoms with E-state index >= 15 is 0 Å². The summed E-state index contributed by atoms with van der Waals surface area (Å²) in [6, 6.07) is 0. The summed E-state index contributed by atoms with van der Waals surface area (Å²) < 4.78 is 0. The van der Waals surface area contributed by atoms with Crippen LogP contribution in [0.3, 0.4) is 0 Å². The first-order chi connectivity index (χ1) is 5.59. The molecule has 0 aromatic rings. The minimum atomic E-state index is 0.296. The molecule has 0 amide bonds. The van der Waals surface area contributed by atoms with Crippen molar-refractivity contribution >= 4 is 5.78 Å². The molecule has 1 unspecified atom stereocenters. The summed E-state index contributed by atoms with van der Waals surface area (Å²) in [6.07, 6.45) is 2.16. The number of hydrogen-bond acceptors (Lipinski definition) is 1. The molecule has 0 bridgehead atoms. The Hall–Kier alpha value is -0.330. The zero-order valence-electron chi connectivity index (χ0n) is 9.48. The Kier molecular flexibility index (Phi) is 10.4.